The van der Waals surface area contributed by atoms with Gasteiger partial charge in [-0.15, -0.1) is 0 Å². The van der Waals surface area contributed by atoms with Crippen LogP contribution in [0.25, 0.3) is 22.8 Å². The molecule has 0 N–H and O–H groups in total. The summed E-state index contributed by atoms with van der Waals surface area (Å²) in [6, 6.07) is 17.7. The zero-order chi connectivity index (χ0) is 20.1. The maximum atomic E-state index is 12.0. The fraction of sp³-hybridized carbons (Fsp3) is 0.273. The predicted molar refractivity (Wildman–Crippen MR) is 112 cm³/mol. The molecule has 3 aromatic rings. The molecule has 1 aromatic carbocycles. The van der Waals surface area contributed by atoms with E-state index in [9.17, 15) is 4.79 Å². The van der Waals surface area contributed by atoms with Gasteiger partial charge in [0.25, 0.3) is 0 Å². The Morgan fingerprint density at radius 1 is 0.966 bits per heavy atom. The molecule has 148 valence electrons. The van der Waals surface area contributed by atoms with E-state index in [4.69, 9.17) is 14.7 Å². The van der Waals surface area contributed by atoms with E-state index in [-0.39, 0.29) is 6.09 Å². The van der Waals surface area contributed by atoms with Crippen LogP contribution in [0.2, 0.25) is 0 Å². The van der Waals surface area contributed by atoms with Gasteiger partial charge >= 0.3 is 6.09 Å². The van der Waals surface area contributed by atoms with Crippen molar-refractivity contribution >= 4 is 11.9 Å². The summed E-state index contributed by atoms with van der Waals surface area (Å²) in [6.07, 6.45) is 1.51. The number of carbonyl (C=O) groups excluding carboxylic acids is 1. The number of rotatable bonds is 4. The average Bonchev–Trinajstić information content (AvgIpc) is 2.80. The van der Waals surface area contributed by atoms with Crippen LogP contribution in [0.15, 0.2) is 60.8 Å². The molecule has 0 radical (unpaired) electrons. The Morgan fingerprint density at radius 3 is 2.41 bits per heavy atom. The molecular weight excluding hydrogens is 366 g/mol. The predicted octanol–water partition coefficient (Wildman–Crippen LogP) is 3.48. The third-order valence-electron chi connectivity index (χ3n) is 4.80. The van der Waals surface area contributed by atoms with E-state index in [0.29, 0.717) is 38.6 Å². The molecule has 0 spiro atoms. The van der Waals surface area contributed by atoms with Crippen molar-refractivity contribution < 1.29 is 9.53 Å². The minimum atomic E-state index is -0.256. The van der Waals surface area contributed by atoms with Gasteiger partial charge in [-0.1, -0.05) is 36.4 Å². The van der Waals surface area contributed by atoms with E-state index in [1.165, 1.54) is 0 Å². The van der Waals surface area contributed by atoms with Crippen LogP contribution in [0.5, 0.6) is 0 Å². The van der Waals surface area contributed by atoms with Crippen LogP contribution in [0.3, 0.4) is 0 Å². The number of anilines is 1. The normalized spacial score (nSPS) is 14.0. The lowest BCUT2D eigenvalue weighted by Crippen LogP contribution is -2.49. The summed E-state index contributed by atoms with van der Waals surface area (Å²) in [7, 11) is 0. The van der Waals surface area contributed by atoms with Crippen LogP contribution >= 0.6 is 0 Å². The van der Waals surface area contributed by atoms with Gasteiger partial charge in [0, 0.05) is 44.0 Å². The largest absolute Gasteiger partial charge is 0.450 e. The minimum absolute atomic E-state index is 0.256. The molecule has 1 saturated heterocycles. The van der Waals surface area contributed by atoms with E-state index in [0.717, 1.165) is 22.8 Å². The number of nitrogens with zero attached hydrogens (tertiary/aromatic N) is 5. The quantitative estimate of drug-likeness (QED) is 0.680. The van der Waals surface area contributed by atoms with Gasteiger partial charge in [-0.25, -0.2) is 14.8 Å². The second-order valence-corrected chi connectivity index (χ2v) is 6.69. The first-order valence-electron chi connectivity index (χ1n) is 9.77. The molecule has 1 aliphatic heterocycles. The first kappa shape index (κ1) is 18.9. The van der Waals surface area contributed by atoms with Crippen molar-refractivity contribution in [2.45, 2.75) is 6.92 Å². The standard InChI is InChI=1S/C22H23N5O2/c1-2-29-22(28)27-14-12-26(13-15-27)20-16-19(18-10-6-7-11-23-18)24-21(25-20)17-8-4-3-5-9-17/h3-11,16H,2,12-15H2,1H3. The molecule has 7 heteroatoms. The van der Waals surface area contributed by atoms with Crippen LogP contribution < -0.4 is 4.90 Å². The Bertz CT molecular complexity index is 900. The zero-order valence-corrected chi connectivity index (χ0v) is 16.4. The van der Waals surface area contributed by atoms with Crippen LogP contribution in [-0.2, 0) is 4.74 Å². The lowest BCUT2D eigenvalue weighted by atomic mass is 10.2. The molecule has 0 unspecified atom stereocenters. The first-order valence-corrected chi connectivity index (χ1v) is 9.77. The van der Waals surface area contributed by atoms with E-state index in [2.05, 4.69) is 9.88 Å². The average molecular weight is 389 g/mol. The number of piperazine rings is 1. The molecule has 1 aliphatic rings. The van der Waals surface area contributed by atoms with Gasteiger partial charge in [0.05, 0.1) is 18.0 Å². The highest BCUT2D eigenvalue weighted by Crippen LogP contribution is 2.25. The Kier molecular flexibility index (Phi) is 5.65. The van der Waals surface area contributed by atoms with Crippen LogP contribution in [-0.4, -0.2) is 58.7 Å². The Labute approximate surface area is 170 Å². The number of hydrogen-bond donors (Lipinski definition) is 0. The molecule has 2 aromatic heterocycles. The number of hydrogen-bond acceptors (Lipinski definition) is 6. The second kappa shape index (κ2) is 8.68. The zero-order valence-electron chi connectivity index (χ0n) is 16.4. The highest BCUT2D eigenvalue weighted by atomic mass is 16.6. The number of ether oxygens (including phenoxy) is 1. The Morgan fingerprint density at radius 2 is 1.72 bits per heavy atom. The monoisotopic (exact) mass is 389 g/mol. The van der Waals surface area contributed by atoms with Gasteiger partial charge in [0.15, 0.2) is 5.82 Å². The molecule has 29 heavy (non-hydrogen) atoms. The summed E-state index contributed by atoms with van der Waals surface area (Å²) in [5, 5.41) is 0. The molecule has 1 fully saturated rings. The lowest BCUT2D eigenvalue weighted by molar-refractivity contribution is 0.105. The molecule has 0 atom stereocenters. The third-order valence-corrected chi connectivity index (χ3v) is 4.80. The number of benzene rings is 1. The maximum Gasteiger partial charge on any atom is 0.409 e. The molecule has 0 bridgehead atoms. The third kappa shape index (κ3) is 4.34. The Hall–Kier alpha value is -3.48. The van der Waals surface area contributed by atoms with Crippen molar-refractivity contribution in [1.82, 2.24) is 19.9 Å². The highest BCUT2D eigenvalue weighted by molar-refractivity contribution is 5.69. The fourth-order valence-corrected chi connectivity index (χ4v) is 3.29. The second-order valence-electron chi connectivity index (χ2n) is 6.69. The van der Waals surface area contributed by atoms with Crippen LogP contribution in [0.4, 0.5) is 10.6 Å². The SMILES string of the molecule is CCOC(=O)N1CCN(c2cc(-c3ccccn3)nc(-c3ccccc3)n2)CC1. The minimum Gasteiger partial charge on any atom is -0.450 e. The van der Waals surface area contributed by atoms with Gasteiger partial charge in [-0.2, -0.15) is 0 Å². The fourth-order valence-electron chi connectivity index (χ4n) is 3.29. The van der Waals surface area contributed by atoms with Crippen molar-refractivity contribution in [2.24, 2.45) is 0 Å². The van der Waals surface area contributed by atoms with E-state index < -0.39 is 0 Å². The number of pyridine rings is 1. The molecular formula is C22H23N5O2. The summed E-state index contributed by atoms with van der Waals surface area (Å²) in [6.45, 7) is 4.78. The van der Waals surface area contributed by atoms with Crippen molar-refractivity contribution in [3.05, 3.63) is 60.8 Å². The first-order chi connectivity index (χ1) is 14.2. The molecule has 1 amide bonds. The summed E-state index contributed by atoms with van der Waals surface area (Å²) in [5.74, 6) is 1.50. The van der Waals surface area contributed by atoms with Crippen molar-refractivity contribution in [3.63, 3.8) is 0 Å². The molecule has 0 saturated carbocycles. The molecule has 0 aliphatic carbocycles. The highest BCUT2D eigenvalue weighted by Gasteiger charge is 2.23. The maximum absolute atomic E-state index is 12.0. The van der Waals surface area contributed by atoms with E-state index in [1.54, 1.807) is 11.1 Å². The van der Waals surface area contributed by atoms with Gasteiger partial charge < -0.3 is 14.5 Å². The van der Waals surface area contributed by atoms with E-state index >= 15 is 0 Å². The van der Waals surface area contributed by atoms with E-state index in [1.807, 2.05) is 61.5 Å². The Balaban J connectivity index is 1.64. The summed E-state index contributed by atoms with van der Waals surface area (Å²) in [5.41, 5.74) is 2.54. The van der Waals surface area contributed by atoms with Gasteiger partial charge in [-0.3, -0.25) is 4.98 Å². The summed E-state index contributed by atoms with van der Waals surface area (Å²) in [4.78, 5) is 29.9. The summed E-state index contributed by atoms with van der Waals surface area (Å²) < 4.78 is 5.11. The smallest absolute Gasteiger partial charge is 0.409 e. The van der Waals surface area contributed by atoms with Gasteiger partial charge in [-0.05, 0) is 19.1 Å². The molecule has 3 heterocycles. The van der Waals surface area contributed by atoms with Gasteiger partial charge in [0.2, 0.25) is 0 Å². The number of carbonyl (C=O) groups is 1. The van der Waals surface area contributed by atoms with Crippen LogP contribution in [0.1, 0.15) is 6.92 Å². The van der Waals surface area contributed by atoms with Crippen LogP contribution in [0, 0.1) is 0 Å². The van der Waals surface area contributed by atoms with Gasteiger partial charge in [0.1, 0.15) is 5.82 Å². The molecule has 4 rings (SSSR count). The topological polar surface area (TPSA) is 71.5 Å². The summed E-state index contributed by atoms with van der Waals surface area (Å²) >= 11 is 0. The number of aromatic nitrogens is 3. The van der Waals surface area contributed by atoms with Crippen molar-refractivity contribution in [3.8, 4) is 22.8 Å². The van der Waals surface area contributed by atoms with Crippen molar-refractivity contribution in [2.75, 3.05) is 37.7 Å². The lowest BCUT2D eigenvalue weighted by Gasteiger charge is -2.34. The van der Waals surface area contributed by atoms with Crippen molar-refractivity contribution in [1.29, 1.82) is 0 Å². The molecule has 7 nitrogen and oxygen atoms in total. The number of amides is 1.